The van der Waals surface area contributed by atoms with Crippen LogP contribution in [0.25, 0.3) is 0 Å². The third-order valence-electron chi connectivity index (χ3n) is 5.07. The van der Waals surface area contributed by atoms with Gasteiger partial charge < -0.3 is 9.47 Å². The third kappa shape index (κ3) is 3.17. The Hall–Kier alpha value is -0.610. The Bertz CT molecular complexity index is 352. The van der Waals surface area contributed by atoms with Crippen LogP contribution in [-0.4, -0.2) is 37.9 Å². The minimum Gasteiger partial charge on any atom is -0.468 e. The van der Waals surface area contributed by atoms with E-state index < -0.39 is 5.54 Å². The van der Waals surface area contributed by atoms with E-state index in [-0.39, 0.29) is 5.97 Å². The summed E-state index contributed by atoms with van der Waals surface area (Å²) in [5.74, 6) is 1.12. The Balaban J connectivity index is 1.55. The summed E-state index contributed by atoms with van der Waals surface area (Å²) in [5.41, 5.74) is -0.432. The molecule has 3 aliphatic rings. The van der Waals surface area contributed by atoms with Gasteiger partial charge in [0.15, 0.2) is 0 Å². The first-order valence-electron chi connectivity index (χ1n) is 8.18. The molecule has 0 aromatic heterocycles. The van der Waals surface area contributed by atoms with E-state index in [4.69, 9.17) is 9.47 Å². The zero-order valence-electron chi connectivity index (χ0n) is 12.5. The average molecular weight is 281 g/mol. The fraction of sp³-hybridized carbons (Fsp3) is 0.938. The van der Waals surface area contributed by atoms with E-state index in [0.29, 0.717) is 12.0 Å². The minimum atomic E-state index is -0.432. The molecule has 0 saturated heterocycles. The number of rotatable bonds is 8. The van der Waals surface area contributed by atoms with Crippen LogP contribution in [0.5, 0.6) is 0 Å². The maximum absolute atomic E-state index is 12.3. The standard InChI is InChI=1S/C16H27NO3/c1-19-15(18)16(17-14-6-7-14)9-2-3-13(16)8-10-20-11-12-4-5-12/h12-14,17H,2-11H2,1H3. The number of methoxy groups -OCH3 is 1. The van der Waals surface area contributed by atoms with Crippen LogP contribution in [0.15, 0.2) is 0 Å². The van der Waals surface area contributed by atoms with Gasteiger partial charge in [0.1, 0.15) is 5.54 Å². The first-order valence-corrected chi connectivity index (χ1v) is 8.18. The molecule has 3 aliphatic carbocycles. The van der Waals surface area contributed by atoms with Crippen molar-refractivity contribution in [2.45, 2.75) is 62.9 Å². The highest BCUT2D eigenvalue weighted by Crippen LogP contribution is 2.41. The summed E-state index contributed by atoms with van der Waals surface area (Å²) in [6.07, 6.45) is 9.18. The van der Waals surface area contributed by atoms with E-state index in [9.17, 15) is 4.79 Å². The summed E-state index contributed by atoms with van der Waals surface area (Å²) in [7, 11) is 1.51. The highest BCUT2D eigenvalue weighted by atomic mass is 16.5. The molecule has 0 aromatic rings. The predicted molar refractivity (Wildman–Crippen MR) is 76.4 cm³/mol. The molecule has 4 heteroatoms. The molecule has 2 unspecified atom stereocenters. The Kier molecular flexibility index (Phi) is 4.32. The van der Waals surface area contributed by atoms with Crippen LogP contribution in [0.4, 0.5) is 0 Å². The smallest absolute Gasteiger partial charge is 0.326 e. The van der Waals surface area contributed by atoms with E-state index in [2.05, 4.69) is 5.32 Å². The Morgan fingerprint density at radius 2 is 2.05 bits per heavy atom. The van der Waals surface area contributed by atoms with Crippen LogP contribution in [-0.2, 0) is 14.3 Å². The number of carbonyl (C=O) groups excluding carboxylic acids is 1. The topological polar surface area (TPSA) is 47.6 Å². The average Bonchev–Trinajstić information content (AvgIpc) is 3.36. The molecule has 4 nitrogen and oxygen atoms in total. The summed E-state index contributed by atoms with van der Waals surface area (Å²) in [6, 6.07) is 0.530. The Morgan fingerprint density at radius 1 is 1.25 bits per heavy atom. The van der Waals surface area contributed by atoms with Gasteiger partial charge >= 0.3 is 5.97 Å². The third-order valence-corrected chi connectivity index (χ3v) is 5.07. The molecule has 1 N–H and O–H groups in total. The second-order valence-corrected chi connectivity index (χ2v) is 6.78. The second kappa shape index (κ2) is 6.02. The number of esters is 1. The van der Waals surface area contributed by atoms with Crippen LogP contribution in [0.3, 0.4) is 0 Å². The monoisotopic (exact) mass is 281 g/mol. The molecular weight excluding hydrogens is 254 g/mol. The van der Waals surface area contributed by atoms with Crippen molar-refractivity contribution < 1.29 is 14.3 Å². The van der Waals surface area contributed by atoms with Gasteiger partial charge in [-0.3, -0.25) is 10.1 Å². The van der Waals surface area contributed by atoms with Crippen molar-refractivity contribution >= 4 is 5.97 Å². The number of ether oxygens (including phenoxy) is 2. The number of carbonyl (C=O) groups is 1. The van der Waals surface area contributed by atoms with Gasteiger partial charge in [-0.05, 0) is 56.8 Å². The largest absolute Gasteiger partial charge is 0.468 e. The quantitative estimate of drug-likeness (QED) is 0.548. The summed E-state index contributed by atoms with van der Waals surface area (Å²) < 4.78 is 10.9. The Labute approximate surface area is 121 Å². The summed E-state index contributed by atoms with van der Waals surface area (Å²) in [6.45, 7) is 1.69. The van der Waals surface area contributed by atoms with Crippen LogP contribution in [0.1, 0.15) is 51.4 Å². The van der Waals surface area contributed by atoms with Crippen LogP contribution >= 0.6 is 0 Å². The van der Waals surface area contributed by atoms with Crippen molar-refractivity contribution in [3.05, 3.63) is 0 Å². The molecule has 3 rings (SSSR count). The molecule has 0 aromatic carbocycles. The zero-order chi connectivity index (χ0) is 14.0. The molecule has 3 saturated carbocycles. The number of hydrogen-bond acceptors (Lipinski definition) is 4. The van der Waals surface area contributed by atoms with E-state index >= 15 is 0 Å². The van der Waals surface area contributed by atoms with Gasteiger partial charge in [-0.15, -0.1) is 0 Å². The van der Waals surface area contributed by atoms with Gasteiger partial charge in [0.2, 0.25) is 0 Å². The van der Waals surface area contributed by atoms with Gasteiger partial charge in [-0.2, -0.15) is 0 Å². The van der Waals surface area contributed by atoms with Crippen LogP contribution < -0.4 is 5.32 Å². The molecular formula is C16H27NO3. The maximum atomic E-state index is 12.3. The molecule has 114 valence electrons. The van der Waals surface area contributed by atoms with Crippen LogP contribution in [0.2, 0.25) is 0 Å². The van der Waals surface area contributed by atoms with Crippen molar-refractivity contribution in [2.24, 2.45) is 11.8 Å². The van der Waals surface area contributed by atoms with Gasteiger partial charge in [0, 0.05) is 19.3 Å². The van der Waals surface area contributed by atoms with Crippen molar-refractivity contribution in [1.29, 1.82) is 0 Å². The molecule has 0 bridgehead atoms. The van der Waals surface area contributed by atoms with Crippen molar-refractivity contribution in [2.75, 3.05) is 20.3 Å². The minimum absolute atomic E-state index is 0.0610. The van der Waals surface area contributed by atoms with Crippen molar-refractivity contribution in [1.82, 2.24) is 5.32 Å². The summed E-state index contributed by atoms with van der Waals surface area (Å²) in [5, 5.41) is 3.60. The molecule has 2 atom stereocenters. The first kappa shape index (κ1) is 14.3. The fourth-order valence-corrected chi connectivity index (χ4v) is 3.52. The van der Waals surface area contributed by atoms with Gasteiger partial charge in [0.25, 0.3) is 0 Å². The van der Waals surface area contributed by atoms with Gasteiger partial charge in [-0.1, -0.05) is 6.42 Å². The molecule has 0 heterocycles. The molecule has 0 aliphatic heterocycles. The van der Waals surface area contributed by atoms with E-state index in [1.54, 1.807) is 0 Å². The normalized spacial score (nSPS) is 33.4. The zero-order valence-corrected chi connectivity index (χ0v) is 12.5. The highest BCUT2D eigenvalue weighted by Gasteiger charge is 2.51. The SMILES string of the molecule is COC(=O)C1(NC2CC2)CCCC1CCOCC1CC1. The molecule has 0 spiro atoms. The van der Waals surface area contributed by atoms with Gasteiger partial charge in [0.05, 0.1) is 7.11 Å². The lowest BCUT2D eigenvalue weighted by atomic mass is 9.84. The van der Waals surface area contributed by atoms with E-state index in [0.717, 1.165) is 44.8 Å². The lowest BCUT2D eigenvalue weighted by Gasteiger charge is -2.34. The van der Waals surface area contributed by atoms with Crippen molar-refractivity contribution in [3.8, 4) is 0 Å². The predicted octanol–water partition coefficient (Wildman–Crippen LogP) is 2.27. The molecule has 3 fully saturated rings. The summed E-state index contributed by atoms with van der Waals surface area (Å²) in [4.78, 5) is 12.3. The Morgan fingerprint density at radius 3 is 2.70 bits per heavy atom. The second-order valence-electron chi connectivity index (χ2n) is 6.78. The molecule has 20 heavy (non-hydrogen) atoms. The number of hydrogen-bond donors (Lipinski definition) is 1. The highest BCUT2D eigenvalue weighted by molar-refractivity contribution is 5.81. The fourth-order valence-electron chi connectivity index (χ4n) is 3.52. The lowest BCUT2D eigenvalue weighted by Crippen LogP contribution is -2.56. The molecule has 0 radical (unpaired) electrons. The number of nitrogens with one attached hydrogen (secondary N) is 1. The summed E-state index contributed by atoms with van der Waals surface area (Å²) >= 11 is 0. The molecule has 0 amide bonds. The van der Waals surface area contributed by atoms with Crippen LogP contribution in [0, 0.1) is 11.8 Å². The van der Waals surface area contributed by atoms with E-state index in [1.165, 1.54) is 32.8 Å². The maximum Gasteiger partial charge on any atom is 0.326 e. The van der Waals surface area contributed by atoms with E-state index in [1.807, 2.05) is 0 Å². The first-order chi connectivity index (χ1) is 9.74. The lowest BCUT2D eigenvalue weighted by molar-refractivity contribution is -0.150. The van der Waals surface area contributed by atoms with Gasteiger partial charge in [-0.25, -0.2) is 0 Å². The van der Waals surface area contributed by atoms with Crippen molar-refractivity contribution in [3.63, 3.8) is 0 Å².